The van der Waals surface area contributed by atoms with Crippen molar-refractivity contribution in [3.8, 4) is 0 Å². The Labute approximate surface area is 170 Å². The Morgan fingerprint density at radius 2 is 2.17 bits per heavy atom. The number of halogens is 5. The minimum absolute atomic E-state index is 0.0652. The summed E-state index contributed by atoms with van der Waals surface area (Å²) in [5.74, 6) is 0. The van der Waals surface area contributed by atoms with Gasteiger partial charge in [-0.3, -0.25) is 0 Å². The van der Waals surface area contributed by atoms with Crippen molar-refractivity contribution in [1.29, 1.82) is 5.41 Å². The molecule has 10 heteroatoms. The molecule has 2 atom stereocenters. The molecule has 1 aromatic carbocycles. The van der Waals surface area contributed by atoms with Gasteiger partial charge in [0.1, 0.15) is 6.61 Å². The molecular formula is C19H23F5N2O2S. The lowest BCUT2D eigenvalue weighted by Crippen LogP contribution is -2.38. The average Bonchev–Trinajstić information content (AvgIpc) is 2.60. The first-order chi connectivity index (χ1) is 13.5. The van der Waals surface area contributed by atoms with Gasteiger partial charge < -0.3 is 20.6 Å². The van der Waals surface area contributed by atoms with Crippen LogP contribution in [0.2, 0.25) is 0 Å². The Morgan fingerprint density at radius 1 is 1.45 bits per heavy atom. The van der Waals surface area contributed by atoms with Crippen molar-refractivity contribution in [2.75, 3.05) is 19.8 Å². The number of hydrogen-bond acceptors (Lipinski definition) is 5. The molecule has 2 unspecified atom stereocenters. The Bertz CT molecular complexity index is 742. The SMILES string of the molecule is CC1(Sc2cccc(C(F)(F)F)c2)CCOC(/C(N)=C/C(=N)COCC(F)F)C1. The molecule has 0 bridgehead atoms. The molecule has 1 aromatic rings. The average molecular weight is 438 g/mol. The summed E-state index contributed by atoms with van der Waals surface area (Å²) in [5, 5.41) is 7.75. The van der Waals surface area contributed by atoms with Crippen LogP contribution in [0.25, 0.3) is 0 Å². The fraction of sp³-hybridized carbons (Fsp3) is 0.526. The first-order valence-corrected chi connectivity index (χ1v) is 9.68. The molecule has 2 rings (SSSR count). The van der Waals surface area contributed by atoms with Crippen LogP contribution in [-0.2, 0) is 15.7 Å². The van der Waals surface area contributed by atoms with E-state index in [1.54, 1.807) is 6.07 Å². The van der Waals surface area contributed by atoms with Crippen LogP contribution in [0.4, 0.5) is 22.0 Å². The predicted octanol–water partition coefficient (Wildman–Crippen LogP) is 4.88. The highest BCUT2D eigenvalue weighted by molar-refractivity contribution is 8.00. The molecule has 1 saturated heterocycles. The van der Waals surface area contributed by atoms with Gasteiger partial charge in [-0.1, -0.05) is 6.07 Å². The van der Waals surface area contributed by atoms with Gasteiger partial charge in [0.05, 0.1) is 24.0 Å². The van der Waals surface area contributed by atoms with E-state index in [-0.39, 0.29) is 18.0 Å². The van der Waals surface area contributed by atoms with Crippen LogP contribution < -0.4 is 5.73 Å². The number of nitrogens with two attached hydrogens (primary N) is 1. The number of hydrogen-bond donors (Lipinski definition) is 2. The maximum absolute atomic E-state index is 12.9. The number of nitrogens with one attached hydrogen (secondary N) is 1. The number of benzene rings is 1. The van der Waals surface area contributed by atoms with Crippen molar-refractivity contribution < 1.29 is 31.4 Å². The van der Waals surface area contributed by atoms with Gasteiger partial charge in [0.15, 0.2) is 0 Å². The zero-order valence-corrected chi connectivity index (χ0v) is 16.6. The smallest absolute Gasteiger partial charge is 0.400 e. The van der Waals surface area contributed by atoms with Crippen molar-refractivity contribution in [2.24, 2.45) is 5.73 Å². The molecule has 162 valence electrons. The zero-order valence-electron chi connectivity index (χ0n) is 15.8. The molecule has 0 saturated carbocycles. The van der Waals surface area contributed by atoms with Gasteiger partial charge in [-0.05, 0) is 44.0 Å². The summed E-state index contributed by atoms with van der Waals surface area (Å²) in [4.78, 5) is 0.499. The fourth-order valence-electron chi connectivity index (χ4n) is 2.89. The zero-order chi connectivity index (χ0) is 21.7. The molecule has 1 heterocycles. The first-order valence-electron chi connectivity index (χ1n) is 8.87. The van der Waals surface area contributed by atoms with Crippen LogP contribution in [0, 0.1) is 5.41 Å². The van der Waals surface area contributed by atoms with Gasteiger partial charge in [-0.2, -0.15) is 13.2 Å². The quantitative estimate of drug-likeness (QED) is 0.449. The molecule has 0 aromatic heterocycles. The van der Waals surface area contributed by atoms with E-state index in [9.17, 15) is 22.0 Å². The van der Waals surface area contributed by atoms with E-state index in [4.69, 9.17) is 20.6 Å². The lowest BCUT2D eigenvalue weighted by atomic mass is 9.94. The number of alkyl halides is 5. The Kier molecular flexibility index (Phi) is 8.07. The molecule has 0 aliphatic carbocycles. The standard InChI is InChI=1S/C19H23F5N2O2S/c1-18(29-14-4-2-3-12(7-14)19(22,23)24)5-6-28-16(9-18)15(26)8-13(25)10-27-11-17(20)21/h2-4,7-8,16-17,25H,5-6,9-11,26H2,1H3/b15-8-,25-13?. The van der Waals surface area contributed by atoms with Crippen LogP contribution in [0.3, 0.4) is 0 Å². The van der Waals surface area contributed by atoms with Gasteiger partial charge in [0.2, 0.25) is 0 Å². The van der Waals surface area contributed by atoms with Gasteiger partial charge in [-0.15, -0.1) is 11.8 Å². The lowest BCUT2D eigenvalue weighted by molar-refractivity contribution is -0.137. The van der Waals surface area contributed by atoms with Crippen LogP contribution in [0.15, 0.2) is 40.9 Å². The van der Waals surface area contributed by atoms with Gasteiger partial charge in [0, 0.05) is 21.9 Å². The third-order valence-corrected chi connectivity index (χ3v) is 5.66. The van der Waals surface area contributed by atoms with Gasteiger partial charge in [-0.25, -0.2) is 8.78 Å². The normalized spacial score (nSPS) is 23.4. The van der Waals surface area contributed by atoms with Crippen LogP contribution in [-0.4, -0.2) is 42.8 Å². The Hall–Kier alpha value is -1.65. The molecule has 0 spiro atoms. The first kappa shape index (κ1) is 23.6. The Balaban J connectivity index is 2.01. The largest absolute Gasteiger partial charge is 0.416 e. The minimum Gasteiger partial charge on any atom is -0.400 e. The summed E-state index contributed by atoms with van der Waals surface area (Å²) in [5.41, 5.74) is 5.50. The van der Waals surface area contributed by atoms with Crippen molar-refractivity contribution in [3.63, 3.8) is 0 Å². The molecule has 0 amide bonds. The number of thioether (sulfide) groups is 1. The Morgan fingerprint density at radius 3 is 2.83 bits per heavy atom. The van der Waals surface area contributed by atoms with Gasteiger partial charge >= 0.3 is 6.18 Å². The maximum Gasteiger partial charge on any atom is 0.416 e. The molecule has 29 heavy (non-hydrogen) atoms. The molecular weight excluding hydrogens is 415 g/mol. The van der Waals surface area contributed by atoms with E-state index >= 15 is 0 Å². The molecule has 1 aliphatic heterocycles. The van der Waals surface area contributed by atoms with E-state index in [1.807, 2.05) is 6.92 Å². The summed E-state index contributed by atoms with van der Waals surface area (Å²) in [7, 11) is 0. The second kappa shape index (κ2) is 9.90. The minimum atomic E-state index is -4.41. The summed E-state index contributed by atoms with van der Waals surface area (Å²) in [6, 6.07) is 5.16. The second-order valence-electron chi connectivity index (χ2n) is 6.97. The fourth-order valence-corrected chi connectivity index (χ4v) is 4.21. The molecule has 1 aliphatic rings. The molecule has 0 radical (unpaired) electrons. The van der Waals surface area contributed by atoms with Crippen molar-refractivity contribution in [1.82, 2.24) is 0 Å². The summed E-state index contributed by atoms with van der Waals surface area (Å²) < 4.78 is 72.9. The third-order valence-electron chi connectivity index (χ3n) is 4.31. The maximum atomic E-state index is 12.9. The van der Waals surface area contributed by atoms with Crippen molar-refractivity contribution in [3.05, 3.63) is 41.6 Å². The van der Waals surface area contributed by atoms with Crippen molar-refractivity contribution >= 4 is 17.5 Å². The third kappa shape index (κ3) is 7.60. The highest BCUT2D eigenvalue weighted by Gasteiger charge is 2.36. The lowest BCUT2D eigenvalue weighted by Gasteiger charge is -2.38. The summed E-state index contributed by atoms with van der Waals surface area (Å²) in [6.07, 6.45) is -5.18. The van der Waals surface area contributed by atoms with E-state index < -0.39 is 35.6 Å². The summed E-state index contributed by atoms with van der Waals surface area (Å²) in [6.45, 7) is 1.23. The van der Waals surface area contributed by atoms with E-state index in [0.717, 1.165) is 12.1 Å². The highest BCUT2D eigenvalue weighted by Crippen LogP contribution is 2.43. The van der Waals surface area contributed by atoms with E-state index in [0.29, 0.717) is 24.3 Å². The predicted molar refractivity (Wildman–Crippen MR) is 102 cm³/mol. The molecule has 4 nitrogen and oxygen atoms in total. The monoisotopic (exact) mass is 438 g/mol. The van der Waals surface area contributed by atoms with Crippen LogP contribution in [0.1, 0.15) is 25.3 Å². The van der Waals surface area contributed by atoms with E-state index in [1.165, 1.54) is 23.9 Å². The van der Waals surface area contributed by atoms with E-state index in [2.05, 4.69) is 0 Å². The molecule has 1 fully saturated rings. The number of ether oxygens (including phenoxy) is 2. The van der Waals surface area contributed by atoms with Crippen LogP contribution >= 0.6 is 11.8 Å². The number of rotatable bonds is 8. The van der Waals surface area contributed by atoms with Crippen molar-refractivity contribution in [2.45, 2.75) is 48.1 Å². The van der Waals surface area contributed by atoms with Gasteiger partial charge in [0.25, 0.3) is 6.43 Å². The second-order valence-corrected chi connectivity index (χ2v) is 8.63. The highest BCUT2D eigenvalue weighted by atomic mass is 32.2. The summed E-state index contributed by atoms with van der Waals surface area (Å²) >= 11 is 1.33. The molecule has 3 N–H and O–H groups in total. The topological polar surface area (TPSA) is 68.3 Å². The van der Waals surface area contributed by atoms with Crippen LogP contribution in [0.5, 0.6) is 0 Å².